The molecule has 0 bridgehead atoms. The number of methoxy groups -OCH3 is 3. The van der Waals surface area contributed by atoms with Crippen LogP contribution in [0.2, 0.25) is 0 Å². The number of rotatable bonds is 26. The molecule has 6 aliphatic rings. The Hall–Kier alpha value is -6.11. The molecule has 17 heteroatoms. The zero-order valence-electron chi connectivity index (χ0n) is 43.8. The van der Waals surface area contributed by atoms with Gasteiger partial charge in [-0.15, -0.1) is 11.8 Å². The molecule has 2 aliphatic carbocycles. The van der Waals surface area contributed by atoms with E-state index in [0.717, 1.165) is 40.2 Å². The van der Waals surface area contributed by atoms with E-state index in [1.54, 1.807) is 45.6 Å². The molecule has 16 nitrogen and oxygen atoms in total. The third-order valence-electron chi connectivity index (χ3n) is 13.6. The van der Waals surface area contributed by atoms with Crippen LogP contribution in [0.1, 0.15) is 45.6 Å². The number of hydrogen-bond donors (Lipinski definition) is 2. The number of allylic oxidation sites excluding steroid dienone is 8. The molecule has 7 rings (SSSR count). The molecule has 2 N–H and O–H groups in total. The van der Waals surface area contributed by atoms with E-state index in [1.807, 2.05) is 67.1 Å². The predicted octanol–water partition coefficient (Wildman–Crippen LogP) is 7.22. The zero-order chi connectivity index (χ0) is 52.8. The lowest BCUT2D eigenvalue weighted by Gasteiger charge is -2.36. The number of carboxylic acids is 1. The number of para-hydroxylation sites is 1. The Morgan fingerprint density at radius 3 is 2.49 bits per heavy atom. The average Bonchev–Trinajstić information content (AvgIpc) is 3.86. The maximum Gasteiger partial charge on any atom is 0.313 e. The molecule has 74 heavy (non-hydrogen) atoms. The van der Waals surface area contributed by atoms with Crippen molar-refractivity contribution in [2.24, 2.45) is 10.9 Å². The van der Waals surface area contributed by atoms with Gasteiger partial charge in [-0.05, 0) is 80.7 Å². The van der Waals surface area contributed by atoms with Crippen molar-refractivity contribution in [3.63, 3.8) is 0 Å². The van der Waals surface area contributed by atoms with E-state index in [-0.39, 0.29) is 48.8 Å². The zero-order valence-corrected chi connectivity index (χ0v) is 44.6. The lowest BCUT2D eigenvalue weighted by Crippen LogP contribution is -2.40. The van der Waals surface area contributed by atoms with Gasteiger partial charge in [-0.25, -0.2) is 0 Å². The van der Waals surface area contributed by atoms with E-state index in [9.17, 15) is 19.5 Å². The minimum Gasteiger partial charge on any atom is -0.493 e. The van der Waals surface area contributed by atoms with E-state index in [1.165, 1.54) is 11.8 Å². The lowest BCUT2D eigenvalue weighted by molar-refractivity contribution is -0.134. The summed E-state index contributed by atoms with van der Waals surface area (Å²) in [4.78, 5) is 51.1. The second kappa shape index (κ2) is 26.4. The van der Waals surface area contributed by atoms with Gasteiger partial charge < -0.3 is 53.4 Å². The molecule has 398 valence electrons. The van der Waals surface area contributed by atoms with E-state index in [0.29, 0.717) is 113 Å². The van der Waals surface area contributed by atoms with Crippen LogP contribution in [-0.2, 0) is 54.0 Å². The van der Waals surface area contributed by atoms with Gasteiger partial charge in [0.15, 0.2) is 17.3 Å². The summed E-state index contributed by atoms with van der Waals surface area (Å²) in [5, 5.41) is 13.1. The van der Waals surface area contributed by atoms with E-state index >= 15 is 0 Å². The van der Waals surface area contributed by atoms with Gasteiger partial charge in [-0.1, -0.05) is 55.7 Å². The first kappa shape index (κ1) is 55.6. The number of carbonyl (C=O) groups is 3. The second-order valence-corrected chi connectivity index (χ2v) is 21.0. The molecule has 4 aliphatic heterocycles. The predicted molar refractivity (Wildman–Crippen MR) is 288 cm³/mol. The van der Waals surface area contributed by atoms with Crippen LogP contribution in [0.3, 0.4) is 0 Å². The van der Waals surface area contributed by atoms with E-state index < -0.39 is 16.8 Å². The van der Waals surface area contributed by atoms with Crippen LogP contribution in [0, 0.1) is 5.92 Å². The Bertz CT molecular complexity index is 2550. The molecule has 0 unspecified atom stereocenters. The number of aliphatic imine (C=N–C) groups is 1. The Morgan fingerprint density at radius 2 is 1.76 bits per heavy atom. The maximum absolute atomic E-state index is 14.3. The Balaban J connectivity index is 1.15. The van der Waals surface area contributed by atoms with Crippen LogP contribution >= 0.6 is 11.8 Å². The molecular weight excluding hydrogens is 963 g/mol. The number of nitrogens with one attached hydrogen (secondary N) is 1. The van der Waals surface area contributed by atoms with Crippen molar-refractivity contribution in [2.75, 3.05) is 104 Å². The van der Waals surface area contributed by atoms with Crippen molar-refractivity contribution in [2.45, 2.75) is 69.3 Å². The standard InChI is InChI=1S/C57H73N5O11S/c1-9-14-40-26-45-33-59-47-30-53(52(69-8)29-46(47)56(66)61(45)48(40)10-2)73-35-39-23-38(24-43(25-39)60(37-57(4,5)74-36-54(63)64)17-18-70-21-22-71-20-19-67-6)34-72-50(11-3)51(68-7)28-42-31-58-32-44-27-41-15-12-13-16-49(41)62(44)55(42)65/h9-16,24-25,28-29,33,39,44-45,47,58H,1,3,17-23,26-27,30-32,34-37H2,2,4-8H3,(H,63,64)/b40-14-,42-28+,48-10+,51-50-/t39-,44-,45-,47+/m0/s1. The first-order valence-corrected chi connectivity index (χ1v) is 26.3. The number of hydrogen-bond acceptors (Lipinski definition) is 14. The number of nitrogens with zero attached hydrogens (tertiary/aromatic N) is 4. The summed E-state index contributed by atoms with van der Waals surface area (Å²) in [7, 11) is 4.76. The quantitative estimate of drug-likeness (QED) is 0.0413. The summed E-state index contributed by atoms with van der Waals surface area (Å²) in [5.74, 6) is 0.508. The van der Waals surface area contributed by atoms with Gasteiger partial charge in [0.05, 0.1) is 77.7 Å². The molecule has 0 aromatic heterocycles. The van der Waals surface area contributed by atoms with Crippen LogP contribution in [0.15, 0.2) is 148 Å². The van der Waals surface area contributed by atoms with Gasteiger partial charge >= 0.3 is 5.97 Å². The number of carbonyl (C=O) groups excluding carboxylic acids is 2. The number of carboxylic acid groups (broad SMARTS) is 1. The first-order valence-electron chi connectivity index (χ1n) is 25.3. The minimum atomic E-state index is -0.881. The number of thioether (sulfide) groups is 1. The molecule has 2 amide bonds. The van der Waals surface area contributed by atoms with Crippen LogP contribution in [0.25, 0.3) is 0 Å². The van der Waals surface area contributed by atoms with Crippen molar-refractivity contribution in [1.82, 2.24) is 15.1 Å². The molecule has 4 atom stereocenters. The van der Waals surface area contributed by atoms with E-state index in [4.69, 9.17) is 38.2 Å². The summed E-state index contributed by atoms with van der Waals surface area (Å²) in [6.07, 6.45) is 19.3. The number of aliphatic carboxylic acids is 1. The van der Waals surface area contributed by atoms with Crippen LogP contribution < -0.4 is 10.2 Å². The molecule has 0 radical (unpaired) electrons. The third-order valence-corrected chi connectivity index (χ3v) is 14.9. The van der Waals surface area contributed by atoms with Crippen molar-refractivity contribution in [1.29, 1.82) is 0 Å². The van der Waals surface area contributed by atoms with Crippen molar-refractivity contribution < 1.29 is 52.6 Å². The summed E-state index contributed by atoms with van der Waals surface area (Å²) in [5.41, 5.74) is 6.89. The summed E-state index contributed by atoms with van der Waals surface area (Å²) >= 11 is 1.37. The number of benzene rings is 1. The Kier molecular flexibility index (Phi) is 19.8. The average molecular weight is 1040 g/mol. The highest BCUT2D eigenvalue weighted by Crippen LogP contribution is 2.40. The normalized spacial score (nSPS) is 23.5. The van der Waals surface area contributed by atoms with Crippen LogP contribution in [0.4, 0.5) is 5.69 Å². The highest BCUT2D eigenvalue weighted by atomic mass is 32.2. The minimum absolute atomic E-state index is 0.0126. The molecule has 2 fully saturated rings. The number of amides is 2. The number of fused-ring (bicyclic) bond motifs is 5. The highest BCUT2D eigenvalue weighted by Gasteiger charge is 2.42. The molecule has 4 heterocycles. The van der Waals surface area contributed by atoms with Gasteiger partial charge in [0, 0.05) is 91.2 Å². The fraction of sp³-hybridized carbons (Fsp3) is 0.474. The smallest absolute Gasteiger partial charge is 0.313 e. The van der Waals surface area contributed by atoms with Gasteiger partial charge in [-0.3, -0.25) is 24.3 Å². The van der Waals surface area contributed by atoms with E-state index in [2.05, 4.69) is 41.6 Å². The number of ether oxygens (including phenoxy) is 7. The fourth-order valence-corrected chi connectivity index (χ4v) is 10.9. The largest absolute Gasteiger partial charge is 0.493 e. The second-order valence-electron chi connectivity index (χ2n) is 19.3. The number of anilines is 1. The third kappa shape index (κ3) is 13.8. The van der Waals surface area contributed by atoms with Gasteiger partial charge in [0.25, 0.3) is 11.8 Å². The van der Waals surface area contributed by atoms with Gasteiger partial charge in [0.1, 0.15) is 12.4 Å². The summed E-state index contributed by atoms with van der Waals surface area (Å²) < 4.78 is 41.5. The van der Waals surface area contributed by atoms with Crippen molar-refractivity contribution >= 4 is 41.4 Å². The fourth-order valence-electron chi connectivity index (χ4n) is 10.1. The Labute approximate surface area is 440 Å². The van der Waals surface area contributed by atoms with Crippen molar-refractivity contribution in [3.8, 4) is 0 Å². The van der Waals surface area contributed by atoms with Gasteiger partial charge in [0.2, 0.25) is 0 Å². The maximum atomic E-state index is 14.3. The topological polar surface area (TPSA) is 170 Å². The molecule has 2 saturated heterocycles. The lowest BCUT2D eigenvalue weighted by atomic mass is 9.92. The van der Waals surface area contributed by atoms with Crippen LogP contribution in [0.5, 0.6) is 0 Å². The van der Waals surface area contributed by atoms with Gasteiger partial charge in [-0.2, -0.15) is 0 Å². The van der Waals surface area contributed by atoms with Crippen LogP contribution in [-0.4, -0.2) is 161 Å². The molecule has 1 aromatic carbocycles. The molecule has 0 spiro atoms. The first-order chi connectivity index (χ1) is 35.8. The SMILES string of the molecule is C=C/C=C1/C[C@H]2C=N[C@@H]3CC(OC[C@@H]4C=C(N(CCOCCOCCOC)CC(C)(C)SCC(=O)O)C=C(CO/C(C=C)=C(/C=C5\CNC[C@@H]6Cc7ccccc7N6C5=O)OC)C4)=C(OC)C=C3C(=O)N2/C1=C/C. The van der Waals surface area contributed by atoms with Crippen molar-refractivity contribution in [3.05, 3.63) is 148 Å². The summed E-state index contributed by atoms with van der Waals surface area (Å²) in [6, 6.07) is 7.37. The molecular formula is C57H73N5O11S. The highest BCUT2D eigenvalue weighted by molar-refractivity contribution is 8.01. The monoisotopic (exact) mass is 1040 g/mol. The summed E-state index contributed by atoms with van der Waals surface area (Å²) in [6.45, 7) is 18.6. The molecule has 0 saturated carbocycles. The molecule has 1 aromatic rings. The Morgan fingerprint density at radius 1 is 0.973 bits per heavy atom.